The van der Waals surface area contributed by atoms with E-state index in [1.165, 1.54) is 19.3 Å². The fraction of sp³-hybridized carbons (Fsp3) is 0.857. The van der Waals surface area contributed by atoms with Gasteiger partial charge in [-0.25, -0.2) is 4.79 Å². The van der Waals surface area contributed by atoms with E-state index in [1.54, 1.807) is 4.90 Å². The molecule has 1 saturated carbocycles. The minimum absolute atomic E-state index is 0.0969. The van der Waals surface area contributed by atoms with Crippen LogP contribution >= 0.6 is 0 Å². The lowest BCUT2D eigenvalue weighted by Crippen LogP contribution is -2.49. The van der Waals surface area contributed by atoms with Crippen molar-refractivity contribution in [1.82, 2.24) is 10.2 Å². The van der Waals surface area contributed by atoms with Gasteiger partial charge in [0.15, 0.2) is 0 Å². The predicted octanol–water partition coefficient (Wildman–Crippen LogP) is 0.564. The van der Waals surface area contributed by atoms with Gasteiger partial charge in [-0.3, -0.25) is 0 Å². The molecule has 1 saturated heterocycles. The third-order valence-corrected chi connectivity index (χ3v) is 2.57. The van der Waals surface area contributed by atoms with Crippen molar-refractivity contribution in [2.24, 2.45) is 0 Å². The maximum Gasteiger partial charge on any atom is 0.317 e. The number of amides is 2. The number of urea groups is 1. The minimum atomic E-state index is 0.0969. The Morgan fingerprint density at radius 2 is 2.30 bits per heavy atom. The second kappa shape index (κ2) is 1.65. The summed E-state index contributed by atoms with van der Waals surface area (Å²) in [6.07, 6.45) is 3.61. The van der Waals surface area contributed by atoms with Crippen LogP contribution in [0.5, 0.6) is 0 Å². The number of rotatable bonds is 0. The number of carbonyl (C=O) groups excluding carboxylic acids is 1. The highest BCUT2D eigenvalue weighted by molar-refractivity contribution is 5.77. The molecule has 1 heterocycles. The maximum absolute atomic E-state index is 11.0. The van der Waals surface area contributed by atoms with Gasteiger partial charge >= 0.3 is 6.03 Å². The van der Waals surface area contributed by atoms with E-state index >= 15 is 0 Å². The first-order valence-electron chi connectivity index (χ1n) is 3.75. The Morgan fingerprint density at radius 1 is 1.60 bits per heavy atom. The van der Waals surface area contributed by atoms with Gasteiger partial charge in [0.2, 0.25) is 0 Å². The van der Waals surface area contributed by atoms with Gasteiger partial charge in [-0.05, 0) is 19.3 Å². The molecule has 1 spiro atoms. The lowest BCUT2D eigenvalue weighted by Gasteiger charge is -2.36. The lowest BCUT2D eigenvalue weighted by molar-refractivity contribution is 0.217. The first kappa shape index (κ1) is 6.01. The minimum Gasteiger partial charge on any atom is -0.331 e. The Labute approximate surface area is 60.4 Å². The zero-order valence-corrected chi connectivity index (χ0v) is 6.18. The number of hydrogen-bond acceptors (Lipinski definition) is 1. The highest BCUT2D eigenvalue weighted by Gasteiger charge is 2.45. The first-order valence-corrected chi connectivity index (χ1v) is 3.75. The van der Waals surface area contributed by atoms with Crippen molar-refractivity contribution in [1.29, 1.82) is 0 Å². The average Bonchev–Trinajstić information content (AvgIpc) is 2.08. The molecule has 56 valence electrons. The molecule has 10 heavy (non-hydrogen) atoms. The molecule has 0 radical (unpaired) electrons. The van der Waals surface area contributed by atoms with Crippen LogP contribution in [0, 0.1) is 0 Å². The van der Waals surface area contributed by atoms with Gasteiger partial charge in [-0.1, -0.05) is 0 Å². The van der Waals surface area contributed by atoms with Crippen LogP contribution in [0.25, 0.3) is 0 Å². The van der Waals surface area contributed by atoms with Crippen LogP contribution in [-0.4, -0.2) is 30.1 Å². The zero-order chi connectivity index (χ0) is 7.19. The molecule has 0 aromatic carbocycles. The Morgan fingerprint density at radius 3 is 2.50 bits per heavy atom. The van der Waals surface area contributed by atoms with Crippen molar-refractivity contribution in [3.05, 3.63) is 0 Å². The van der Waals surface area contributed by atoms with E-state index in [0.717, 1.165) is 6.54 Å². The van der Waals surface area contributed by atoms with E-state index in [-0.39, 0.29) is 11.6 Å². The van der Waals surface area contributed by atoms with Crippen LogP contribution < -0.4 is 5.32 Å². The monoisotopic (exact) mass is 140 g/mol. The lowest BCUT2D eigenvalue weighted by atomic mass is 9.77. The van der Waals surface area contributed by atoms with Crippen LogP contribution in [-0.2, 0) is 0 Å². The Bertz CT molecular complexity index is 174. The first-order chi connectivity index (χ1) is 4.72. The van der Waals surface area contributed by atoms with Crippen molar-refractivity contribution in [2.75, 3.05) is 13.6 Å². The number of nitrogens with zero attached hydrogens (tertiary/aromatic N) is 1. The van der Waals surface area contributed by atoms with Gasteiger partial charge < -0.3 is 10.2 Å². The summed E-state index contributed by atoms with van der Waals surface area (Å²) in [6, 6.07) is 0.0969. The molecule has 3 heteroatoms. The third kappa shape index (κ3) is 0.632. The number of carbonyl (C=O) groups is 1. The molecule has 1 aliphatic carbocycles. The van der Waals surface area contributed by atoms with Gasteiger partial charge in [0, 0.05) is 13.6 Å². The summed E-state index contributed by atoms with van der Waals surface area (Å²) in [6.45, 7) is 0.909. The van der Waals surface area contributed by atoms with Crippen molar-refractivity contribution in [3.8, 4) is 0 Å². The summed E-state index contributed by atoms with van der Waals surface area (Å²) in [5, 5.41) is 3.00. The summed E-state index contributed by atoms with van der Waals surface area (Å²) >= 11 is 0. The summed E-state index contributed by atoms with van der Waals surface area (Å²) in [5.41, 5.74) is 0.186. The molecule has 0 aromatic heterocycles. The largest absolute Gasteiger partial charge is 0.331 e. The van der Waals surface area contributed by atoms with E-state index in [9.17, 15) is 4.79 Å². The van der Waals surface area contributed by atoms with Crippen molar-refractivity contribution in [3.63, 3.8) is 0 Å². The SMILES string of the molecule is CN1CC2(CCC2)NC1=O. The number of likely N-dealkylation sites (N-methyl/N-ethyl adjacent to an activating group) is 1. The average molecular weight is 140 g/mol. The van der Waals surface area contributed by atoms with Crippen molar-refractivity contribution in [2.45, 2.75) is 24.8 Å². The fourth-order valence-corrected chi connectivity index (χ4v) is 1.77. The normalized spacial score (nSPS) is 28.5. The summed E-state index contributed by atoms with van der Waals surface area (Å²) < 4.78 is 0. The summed E-state index contributed by atoms with van der Waals surface area (Å²) in [7, 11) is 1.85. The smallest absolute Gasteiger partial charge is 0.317 e. The molecule has 1 N–H and O–H groups in total. The topological polar surface area (TPSA) is 32.3 Å². The molecule has 2 fully saturated rings. The Kier molecular flexibility index (Phi) is 0.993. The molecule has 2 rings (SSSR count). The maximum atomic E-state index is 11.0. The molecular weight excluding hydrogens is 128 g/mol. The molecule has 0 bridgehead atoms. The van der Waals surface area contributed by atoms with Crippen molar-refractivity contribution < 1.29 is 4.79 Å². The highest BCUT2D eigenvalue weighted by atomic mass is 16.2. The van der Waals surface area contributed by atoms with Gasteiger partial charge in [0.25, 0.3) is 0 Å². The van der Waals surface area contributed by atoms with Crippen LogP contribution in [0.2, 0.25) is 0 Å². The molecule has 2 aliphatic rings. The third-order valence-electron chi connectivity index (χ3n) is 2.57. The second-order valence-electron chi connectivity index (χ2n) is 3.42. The number of nitrogens with one attached hydrogen (secondary N) is 1. The van der Waals surface area contributed by atoms with Gasteiger partial charge in [-0.2, -0.15) is 0 Å². The standard InChI is InChI=1S/C7H12N2O/c1-9-5-7(3-2-4-7)8-6(9)10/h2-5H2,1H3,(H,8,10). The molecule has 1 aliphatic heterocycles. The van der Waals surface area contributed by atoms with Gasteiger partial charge in [0.1, 0.15) is 0 Å². The fourth-order valence-electron chi connectivity index (χ4n) is 1.77. The van der Waals surface area contributed by atoms with E-state index in [1.807, 2.05) is 7.05 Å². The Hall–Kier alpha value is -0.730. The second-order valence-corrected chi connectivity index (χ2v) is 3.42. The molecule has 0 aromatic rings. The van der Waals surface area contributed by atoms with E-state index in [2.05, 4.69) is 5.32 Å². The van der Waals surface area contributed by atoms with Crippen LogP contribution in [0.4, 0.5) is 4.79 Å². The predicted molar refractivity (Wildman–Crippen MR) is 37.7 cm³/mol. The zero-order valence-electron chi connectivity index (χ0n) is 6.18. The number of hydrogen-bond donors (Lipinski definition) is 1. The van der Waals surface area contributed by atoms with Gasteiger partial charge in [0.05, 0.1) is 5.54 Å². The van der Waals surface area contributed by atoms with Crippen LogP contribution in [0.3, 0.4) is 0 Å². The van der Waals surface area contributed by atoms with Crippen LogP contribution in [0.15, 0.2) is 0 Å². The Balaban J connectivity index is 2.10. The van der Waals surface area contributed by atoms with Crippen LogP contribution in [0.1, 0.15) is 19.3 Å². The highest BCUT2D eigenvalue weighted by Crippen LogP contribution is 2.35. The molecule has 0 atom stereocenters. The van der Waals surface area contributed by atoms with E-state index in [0.29, 0.717) is 0 Å². The summed E-state index contributed by atoms with van der Waals surface area (Å²) in [5.74, 6) is 0. The van der Waals surface area contributed by atoms with Crippen molar-refractivity contribution >= 4 is 6.03 Å². The van der Waals surface area contributed by atoms with Gasteiger partial charge in [-0.15, -0.1) is 0 Å². The quantitative estimate of drug-likeness (QED) is 0.524. The van der Waals surface area contributed by atoms with E-state index in [4.69, 9.17) is 0 Å². The molecule has 0 unspecified atom stereocenters. The summed E-state index contributed by atoms with van der Waals surface area (Å²) in [4.78, 5) is 12.8. The molecule has 2 amide bonds. The molecular formula is C7H12N2O. The molecule has 3 nitrogen and oxygen atoms in total. The van der Waals surface area contributed by atoms with E-state index < -0.39 is 0 Å².